The average molecular weight is 340 g/mol. The number of carbonyl (C=O) groups excluding carboxylic acids is 2. The van der Waals surface area contributed by atoms with Gasteiger partial charge >= 0.3 is 5.91 Å². The van der Waals surface area contributed by atoms with Crippen LogP contribution in [-0.4, -0.2) is 29.1 Å². The Bertz CT molecular complexity index is 896. The normalized spacial score (nSPS) is 10.3. The smallest absolute Gasteiger partial charge is 0.305 e. The first-order valence-electron chi connectivity index (χ1n) is 7.43. The zero-order chi connectivity index (χ0) is 17.8. The maximum absolute atomic E-state index is 12.1. The number of benzene rings is 1. The summed E-state index contributed by atoms with van der Waals surface area (Å²) in [5.74, 6) is -0.187. The summed E-state index contributed by atoms with van der Waals surface area (Å²) in [6.45, 7) is 1.73. The van der Waals surface area contributed by atoms with E-state index in [1.807, 2.05) is 12.1 Å². The van der Waals surface area contributed by atoms with Crippen molar-refractivity contribution in [1.29, 1.82) is 0 Å². The van der Waals surface area contributed by atoms with E-state index in [2.05, 4.69) is 21.0 Å². The Labute approximate surface area is 143 Å². The summed E-state index contributed by atoms with van der Waals surface area (Å²) < 4.78 is 10.2. The molecule has 0 saturated heterocycles. The Morgan fingerprint density at radius 2 is 1.84 bits per heavy atom. The molecule has 2 aromatic heterocycles. The maximum atomic E-state index is 12.1. The van der Waals surface area contributed by atoms with Crippen molar-refractivity contribution in [2.24, 2.45) is 0 Å². The second-order valence-corrected chi connectivity index (χ2v) is 5.24. The first kappa shape index (κ1) is 16.3. The maximum Gasteiger partial charge on any atom is 0.305 e. The molecule has 0 aliphatic rings. The Kier molecular flexibility index (Phi) is 4.51. The van der Waals surface area contributed by atoms with Crippen molar-refractivity contribution in [3.63, 3.8) is 0 Å². The van der Waals surface area contributed by atoms with Crippen LogP contribution in [0.15, 0.2) is 47.1 Å². The molecule has 3 rings (SSSR count). The molecular weight excluding hydrogens is 324 g/mol. The summed E-state index contributed by atoms with van der Waals surface area (Å²) >= 11 is 0. The molecule has 0 fully saturated rings. The highest BCUT2D eigenvalue weighted by Gasteiger charge is 2.15. The lowest BCUT2D eigenvalue weighted by Gasteiger charge is -2.04. The van der Waals surface area contributed by atoms with Gasteiger partial charge in [0, 0.05) is 11.1 Å². The Morgan fingerprint density at radius 3 is 2.48 bits per heavy atom. The number of H-pyrrole nitrogens is 1. The Morgan fingerprint density at radius 1 is 1.12 bits per heavy atom. The summed E-state index contributed by atoms with van der Waals surface area (Å²) in [4.78, 5) is 24.0. The van der Waals surface area contributed by atoms with Gasteiger partial charge < -0.3 is 9.15 Å². The molecule has 0 bridgehead atoms. The lowest BCUT2D eigenvalue weighted by Crippen LogP contribution is -2.41. The number of hydrazine groups is 1. The van der Waals surface area contributed by atoms with Gasteiger partial charge in [-0.15, -0.1) is 0 Å². The van der Waals surface area contributed by atoms with Gasteiger partial charge in [0.15, 0.2) is 5.76 Å². The fourth-order valence-corrected chi connectivity index (χ4v) is 2.19. The molecule has 0 aliphatic heterocycles. The van der Waals surface area contributed by atoms with Gasteiger partial charge in [0.05, 0.1) is 19.1 Å². The number of aromatic nitrogens is 2. The zero-order valence-electron chi connectivity index (χ0n) is 13.6. The summed E-state index contributed by atoms with van der Waals surface area (Å²) in [5, 5.41) is 6.73. The van der Waals surface area contributed by atoms with Crippen LogP contribution in [0.3, 0.4) is 0 Å². The van der Waals surface area contributed by atoms with Crippen molar-refractivity contribution in [2.75, 3.05) is 7.11 Å². The van der Waals surface area contributed by atoms with Gasteiger partial charge in [-0.2, -0.15) is 5.10 Å². The van der Waals surface area contributed by atoms with Crippen molar-refractivity contribution in [2.45, 2.75) is 6.92 Å². The van der Waals surface area contributed by atoms with Crippen LogP contribution >= 0.6 is 0 Å². The lowest BCUT2D eigenvalue weighted by atomic mass is 10.1. The number of furan rings is 1. The summed E-state index contributed by atoms with van der Waals surface area (Å²) in [6, 6.07) is 10.5. The summed E-state index contributed by atoms with van der Waals surface area (Å²) in [6.07, 6.45) is 1.40. The van der Waals surface area contributed by atoms with Crippen LogP contribution in [0.25, 0.3) is 11.3 Å². The highest BCUT2D eigenvalue weighted by Crippen LogP contribution is 2.21. The van der Waals surface area contributed by atoms with Crippen LogP contribution in [0.1, 0.15) is 26.6 Å². The van der Waals surface area contributed by atoms with Crippen LogP contribution in [-0.2, 0) is 0 Å². The number of hydrogen-bond donors (Lipinski definition) is 3. The molecule has 1 aromatic carbocycles. The molecule has 3 N–H and O–H groups in total. The molecule has 128 valence electrons. The predicted octanol–water partition coefficient (Wildman–Crippen LogP) is 2.06. The van der Waals surface area contributed by atoms with E-state index in [9.17, 15) is 9.59 Å². The second-order valence-electron chi connectivity index (χ2n) is 5.24. The van der Waals surface area contributed by atoms with Crippen LogP contribution in [0.4, 0.5) is 0 Å². The fraction of sp³-hybridized carbons (Fsp3) is 0.118. The minimum atomic E-state index is -0.536. The molecule has 0 spiro atoms. The highest BCUT2D eigenvalue weighted by molar-refractivity contribution is 5.97. The van der Waals surface area contributed by atoms with E-state index >= 15 is 0 Å². The van der Waals surface area contributed by atoms with E-state index in [0.29, 0.717) is 11.3 Å². The van der Waals surface area contributed by atoms with Crippen LogP contribution < -0.4 is 15.6 Å². The number of aromatic amines is 1. The number of nitrogens with zero attached hydrogens (tertiary/aromatic N) is 1. The average Bonchev–Trinajstić information content (AvgIpc) is 3.28. The molecule has 0 radical (unpaired) electrons. The molecular formula is C17H16N4O4. The van der Waals surface area contributed by atoms with E-state index in [4.69, 9.17) is 9.15 Å². The zero-order valence-corrected chi connectivity index (χ0v) is 13.6. The van der Waals surface area contributed by atoms with Gasteiger partial charge in [0.1, 0.15) is 11.4 Å². The van der Waals surface area contributed by atoms with E-state index in [-0.39, 0.29) is 11.5 Å². The number of ether oxygens (including phenoxy) is 1. The Balaban J connectivity index is 1.64. The van der Waals surface area contributed by atoms with Crippen molar-refractivity contribution in [1.82, 2.24) is 21.0 Å². The van der Waals surface area contributed by atoms with Crippen molar-refractivity contribution in [3.8, 4) is 17.0 Å². The van der Waals surface area contributed by atoms with Gasteiger partial charge in [0.25, 0.3) is 5.91 Å². The summed E-state index contributed by atoms with van der Waals surface area (Å²) in [7, 11) is 1.59. The molecule has 0 atom stereocenters. The molecule has 25 heavy (non-hydrogen) atoms. The molecule has 8 nitrogen and oxygen atoms in total. The van der Waals surface area contributed by atoms with Gasteiger partial charge in [-0.25, -0.2) is 0 Å². The quantitative estimate of drug-likeness (QED) is 0.630. The SMILES string of the molecule is COc1ccc(-c2cc(C(=O)NNC(=O)c3occc3C)[nH]n2)cc1. The van der Waals surface area contributed by atoms with E-state index in [1.165, 1.54) is 6.26 Å². The number of rotatable bonds is 4. The molecule has 0 aliphatic carbocycles. The van der Waals surface area contributed by atoms with Crippen LogP contribution in [0, 0.1) is 6.92 Å². The highest BCUT2D eigenvalue weighted by atomic mass is 16.5. The predicted molar refractivity (Wildman–Crippen MR) is 89.0 cm³/mol. The minimum absolute atomic E-state index is 0.142. The molecule has 2 heterocycles. The number of amides is 2. The molecule has 0 saturated carbocycles. The number of aryl methyl sites for hydroxylation is 1. The lowest BCUT2D eigenvalue weighted by molar-refractivity contribution is 0.0828. The van der Waals surface area contributed by atoms with Gasteiger partial charge in [-0.05, 0) is 43.3 Å². The van der Waals surface area contributed by atoms with E-state index < -0.39 is 11.8 Å². The van der Waals surface area contributed by atoms with E-state index in [1.54, 1.807) is 38.3 Å². The summed E-state index contributed by atoms with van der Waals surface area (Å²) in [5.41, 5.74) is 6.91. The number of methoxy groups -OCH3 is 1. The number of nitrogens with one attached hydrogen (secondary N) is 3. The van der Waals surface area contributed by atoms with Gasteiger partial charge in [0.2, 0.25) is 0 Å². The van der Waals surface area contributed by atoms with E-state index in [0.717, 1.165) is 11.3 Å². The third kappa shape index (κ3) is 3.52. The van der Waals surface area contributed by atoms with Crippen molar-refractivity contribution >= 4 is 11.8 Å². The van der Waals surface area contributed by atoms with Gasteiger partial charge in [-0.3, -0.25) is 25.5 Å². The van der Waals surface area contributed by atoms with Crippen LogP contribution in [0.2, 0.25) is 0 Å². The third-order valence-electron chi connectivity index (χ3n) is 3.57. The molecule has 2 amide bonds. The van der Waals surface area contributed by atoms with Gasteiger partial charge in [-0.1, -0.05) is 0 Å². The first-order valence-corrected chi connectivity index (χ1v) is 7.43. The number of hydrogen-bond acceptors (Lipinski definition) is 5. The monoisotopic (exact) mass is 340 g/mol. The number of carbonyl (C=O) groups is 2. The fourth-order valence-electron chi connectivity index (χ4n) is 2.19. The third-order valence-corrected chi connectivity index (χ3v) is 3.57. The minimum Gasteiger partial charge on any atom is -0.497 e. The second kappa shape index (κ2) is 6.91. The molecule has 0 unspecified atom stereocenters. The topological polar surface area (TPSA) is 109 Å². The molecule has 3 aromatic rings. The molecule has 8 heteroatoms. The Hall–Kier alpha value is -3.55. The largest absolute Gasteiger partial charge is 0.497 e. The standard InChI is InChI=1S/C17H16N4O4/c1-10-7-8-25-15(10)17(23)21-20-16(22)14-9-13(18-19-14)11-3-5-12(24-2)6-4-11/h3-9H,1-2H3,(H,18,19)(H,20,22)(H,21,23). The first-order chi connectivity index (χ1) is 12.1. The van der Waals surface area contributed by atoms with Crippen LogP contribution in [0.5, 0.6) is 5.75 Å². The van der Waals surface area contributed by atoms with Crippen molar-refractivity contribution < 1.29 is 18.7 Å². The van der Waals surface area contributed by atoms with Crippen molar-refractivity contribution in [3.05, 3.63) is 59.7 Å².